The molecule has 0 radical (unpaired) electrons. The highest BCUT2D eigenvalue weighted by molar-refractivity contribution is 14.0. The van der Waals surface area contributed by atoms with E-state index in [-0.39, 0.29) is 48.1 Å². The molecule has 2 aliphatic carbocycles. The van der Waals surface area contributed by atoms with E-state index >= 15 is 0 Å². The van der Waals surface area contributed by atoms with Gasteiger partial charge in [0, 0.05) is 32.1 Å². The molecule has 1 unspecified atom stereocenters. The predicted octanol–water partition coefficient (Wildman–Crippen LogP) is 3.23. The van der Waals surface area contributed by atoms with Gasteiger partial charge in [-0.3, -0.25) is 4.79 Å². The molecule has 1 aliphatic heterocycles. The summed E-state index contributed by atoms with van der Waals surface area (Å²) in [4.78, 5) is 18.1. The second-order valence-corrected chi connectivity index (χ2v) is 8.30. The van der Waals surface area contributed by atoms with Crippen molar-refractivity contribution in [2.75, 3.05) is 20.6 Å². The Bertz CT molecular complexity index is 727. The molecular formula is C21H31IN4O2. The quantitative estimate of drug-likeness (QED) is 0.380. The van der Waals surface area contributed by atoms with Crippen molar-refractivity contribution in [1.29, 1.82) is 0 Å². The number of halogens is 1. The molecule has 7 heteroatoms. The van der Waals surface area contributed by atoms with Gasteiger partial charge in [-0.1, -0.05) is 18.2 Å². The van der Waals surface area contributed by atoms with Gasteiger partial charge in [0.25, 0.3) is 0 Å². The molecule has 0 saturated heterocycles. The van der Waals surface area contributed by atoms with Crippen LogP contribution in [0.25, 0.3) is 0 Å². The monoisotopic (exact) mass is 498 g/mol. The molecule has 1 aromatic rings. The number of carbonyl (C=O) groups excluding carboxylic acids is 1. The zero-order chi connectivity index (χ0) is 18.9. The highest BCUT2D eigenvalue weighted by Gasteiger charge is 2.43. The third-order valence-corrected chi connectivity index (χ3v) is 5.81. The zero-order valence-electron chi connectivity index (χ0n) is 16.7. The third kappa shape index (κ3) is 4.90. The minimum atomic E-state index is -0.0594. The molecule has 1 heterocycles. The second-order valence-electron chi connectivity index (χ2n) is 8.30. The molecule has 4 rings (SSSR count). The van der Waals surface area contributed by atoms with Gasteiger partial charge in [-0.2, -0.15) is 0 Å². The number of fused-ring (bicyclic) bond motifs is 1. The summed E-state index contributed by atoms with van der Waals surface area (Å²) in [6, 6.07) is 8.92. The van der Waals surface area contributed by atoms with Crippen LogP contribution in [0.2, 0.25) is 0 Å². The lowest BCUT2D eigenvalue weighted by Crippen LogP contribution is -2.47. The Labute approximate surface area is 184 Å². The SMILES string of the molecule is CN(C)C(=O)CN=C(NC1CC1)NC1CC2(CCCC2)Oc2ccccc21.I. The summed E-state index contributed by atoms with van der Waals surface area (Å²) >= 11 is 0. The number of rotatable bonds is 4. The van der Waals surface area contributed by atoms with Crippen LogP contribution in [-0.4, -0.2) is 49.0 Å². The van der Waals surface area contributed by atoms with Crippen molar-refractivity contribution in [3.8, 4) is 5.75 Å². The molecule has 2 N–H and O–H groups in total. The maximum atomic E-state index is 12.0. The van der Waals surface area contributed by atoms with Crippen LogP contribution in [-0.2, 0) is 4.79 Å². The fourth-order valence-corrected chi connectivity index (χ4v) is 4.08. The van der Waals surface area contributed by atoms with E-state index in [1.807, 2.05) is 6.07 Å². The number of ether oxygens (including phenoxy) is 1. The van der Waals surface area contributed by atoms with Crippen LogP contribution < -0.4 is 15.4 Å². The van der Waals surface area contributed by atoms with E-state index < -0.39 is 0 Å². The molecule has 1 spiro atoms. The topological polar surface area (TPSA) is 66.0 Å². The molecule has 154 valence electrons. The van der Waals surface area contributed by atoms with Crippen molar-refractivity contribution in [3.63, 3.8) is 0 Å². The van der Waals surface area contributed by atoms with Crippen LogP contribution in [0.3, 0.4) is 0 Å². The maximum Gasteiger partial charge on any atom is 0.243 e. The average molecular weight is 498 g/mol. The first-order chi connectivity index (χ1) is 13.0. The van der Waals surface area contributed by atoms with Crippen LogP contribution in [0.4, 0.5) is 0 Å². The smallest absolute Gasteiger partial charge is 0.243 e. The summed E-state index contributed by atoms with van der Waals surface area (Å²) < 4.78 is 6.45. The first-order valence-corrected chi connectivity index (χ1v) is 10.1. The number of carbonyl (C=O) groups is 1. The molecular weight excluding hydrogens is 467 g/mol. The lowest BCUT2D eigenvalue weighted by Gasteiger charge is -2.40. The van der Waals surface area contributed by atoms with Crippen molar-refractivity contribution in [1.82, 2.24) is 15.5 Å². The van der Waals surface area contributed by atoms with Crippen molar-refractivity contribution in [2.24, 2.45) is 4.99 Å². The number of hydrogen-bond acceptors (Lipinski definition) is 3. The summed E-state index contributed by atoms with van der Waals surface area (Å²) in [5.74, 6) is 1.73. The van der Waals surface area contributed by atoms with E-state index in [4.69, 9.17) is 4.74 Å². The van der Waals surface area contributed by atoms with E-state index in [1.54, 1.807) is 19.0 Å². The number of aliphatic imine (C=N–C) groups is 1. The number of guanidine groups is 1. The molecule has 6 nitrogen and oxygen atoms in total. The van der Waals surface area contributed by atoms with Gasteiger partial charge in [-0.25, -0.2) is 4.99 Å². The van der Waals surface area contributed by atoms with Gasteiger partial charge in [0.1, 0.15) is 17.9 Å². The molecule has 2 saturated carbocycles. The minimum Gasteiger partial charge on any atom is -0.487 e. The van der Waals surface area contributed by atoms with Crippen LogP contribution in [0.5, 0.6) is 5.75 Å². The van der Waals surface area contributed by atoms with Crippen molar-refractivity contribution >= 4 is 35.8 Å². The summed E-state index contributed by atoms with van der Waals surface area (Å²) in [6.45, 7) is 0.158. The number of nitrogens with one attached hydrogen (secondary N) is 2. The molecule has 0 aromatic heterocycles. The number of likely N-dealkylation sites (N-methyl/N-ethyl adjacent to an activating group) is 1. The first-order valence-electron chi connectivity index (χ1n) is 10.1. The Morgan fingerprint density at radius 3 is 2.61 bits per heavy atom. The van der Waals surface area contributed by atoms with Gasteiger partial charge in [0.15, 0.2) is 5.96 Å². The summed E-state index contributed by atoms with van der Waals surface area (Å²) in [5, 5.41) is 7.09. The van der Waals surface area contributed by atoms with Gasteiger partial charge >= 0.3 is 0 Å². The zero-order valence-corrected chi connectivity index (χ0v) is 19.1. The highest BCUT2D eigenvalue weighted by atomic mass is 127. The van der Waals surface area contributed by atoms with E-state index in [0.29, 0.717) is 6.04 Å². The minimum absolute atomic E-state index is 0. The number of amides is 1. The molecule has 0 bridgehead atoms. The standard InChI is InChI=1S/C21H30N4O2.HI/c1-25(2)19(26)14-22-20(23-15-9-10-15)24-17-13-21(11-5-6-12-21)27-18-8-4-3-7-16(17)18;/h3-4,7-8,15,17H,5-6,9-14H2,1-2H3,(H2,22,23,24);1H. The molecule has 2 fully saturated rings. The Morgan fingerprint density at radius 2 is 1.93 bits per heavy atom. The molecule has 3 aliphatic rings. The Balaban J connectivity index is 0.00000225. The van der Waals surface area contributed by atoms with Crippen LogP contribution in [0, 0.1) is 0 Å². The Hall–Kier alpha value is -1.51. The van der Waals surface area contributed by atoms with E-state index in [0.717, 1.165) is 43.8 Å². The van der Waals surface area contributed by atoms with Gasteiger partial charge < -0.3 is 20.3 Å². The molecule has 1 aromatic carbocycles. The molecule has 1 amide bonds. The Kier molecular flexibility index (Phi) is 6.73. The van der Waals surface area contributed by atoms with Crippen molar-refractivity contribution in [3.05, 3.63) is 29.8 Å². The van der Waals surface area contributed by atoms with Gasteiger partial charge in [-0.05, 0) is 44.6 Å². The first kappa shape index (κ1) is 21.2. The van der Waals surface area contributed by atoms with Crippen LogP contribution in [0.1, 0.15) is 56.6 Å². The number of benzene rings is 1. The number of hydrogen-bond donors (Lipinski definition) is 2. The number of para-hydroxylation sites is 1. The maximum absolute atomic E-state index is 12.0. The fraction of sp³-hybridized carbons (Fsp3) is 0.619. The average Bonchev–Trinajstić information content (AvgIpc) is 3.37. The fourth-order valence-electron chi connectivity index (χ4n) is 4.08. The van der Waals surface area contributed by atoms with Gasteiger partial charge in [0.05, 0.1) is 6.04 Å². The summed E-state index contributed by atoms with van der Waals surface area (Å²) in [7, 11) is 3.52. The van der Waals surface area contributed by atoms with E-state index in [1.165, 1.54) is 18.4 Å². The Morgan fingerprint density at radius 1 is 1.21 bits per heavy atom. The summed E-state index contributed by atoms with van der Waals surface area (Å²) in [6.07, 6.45) is 7.95. The van der Waals surface area contributed by atoms with E-state index in [2.05, 4.69) is 33.8 Å². The lowest BCUT2D eigenvalue weighted by atomic mass is 9.86. The second kappa shape index (κ2) is 8.88. The molecule has 1 atom stereocenters. The predicted molar refractivity (Wildman–Crippen MR) is 121 cm³/mol. The van der Waals surface area contributed by atoms with Crippen molar-refractivity contribution < 1.29 is 9.53 Å². The van der Waals surface area contributed by atoms with Crippen molar-refractivity contribution in [2.45, 2.75) is 62.6 Å². The third-order valence-electron chi connectivity index (χ3n) is 5.81. The van der Waals surface area contributed by atoms with Crippen LogP contribution >= 0.6 is 24.0 Å². The number of nitrogens with zero attached hydrogens (tertiary/aromatic N) is 2. The van der Waals surface area contributed by atoms with Gasteiger partial charge in [0.2, 0.25) is 5.91 Å². The van der Waals surface area contributed by atoms with E-state index in [9.17, 15) is 4.79 Å². The summed E-state index contributed by atoms with van der Waals surface area (Å²) in [5.41, 5.74) is 1.12. The largest absolute Gasteiger partial charge is 0.487 e. The van der Waals surface area contributed by atoms with Crippen LogP contribution in [0.15, 0.2) is 29.3 Å². The molecule has 28 heavy (non-hydrogen) atoms. The van der Waals surface area contributed by atoms with Gasteiger partial charge in [-0.15, -0.1) is 24.0 Å². The highest BCUT2D eigenvalue weighted by Crippen LogP contribution is 2.46. The normalized spacial score (nSPS) is 22.6. The lowest BCUT2D eigenvalue weighted by molar-refractivity contribution is -0.127.